The van der Waals surface area contributed by atoms with E-state index < -0.39 is 0 Å². The Morgan fingerprint density at radius 1 is 1.15 bits per heavy atom. The summed E-state index contributed by atoms with van der Waals surface area (Å²) in [6.45, 7) is 0.721. The number of hydrogen-bond donors (Lipinski definition) is 1. The number of halogens is 2. The second-order valence-corrected chi connectivity index (χ2v) is 6.51. The van der Waals surface area contributed by atoms with Crippen molar-refractivity contribution in [2.45, 2.75) is 35.2 Å². The monoisotopic (exact) mass is 307 g/mol. The van der Waals surface area contributed by atoms with Crippen LogP contribution in [0.1, 0.15) is 18.4 Å². The third-order valence-electron chi connectivity index (χ3n) is 3.22. The Morgan fingerprint density at radius 2 is 1.90 bits per heavy atom. The fraction of sp³-hybridized carbons (Fsp3) is 0.250. The third-order valence-corrected chi connectivity index (χ3v) is 4.60. The lowest BCUT2D eigenvalue weighted by atomic mass is 10.2. The standard InChI is InChI=1S/C16H15ClFNS/c17-12-1-6-15(7-2-12)20-16-8-3-13(18)9-11(16)10-19-14-4-5-14/h1-3,6-9,14,19H,4-5,10H2. The summed E-state index contributed by atoms with van der Waals surface area (Å²) in [5.74, 6) is -0.182. The maximum Gasteiger partial charge on any atom is 0.123 e. The van der Waals surface area contributed by atoms with E-state index in [0.29, 0.717) is 6.04 Å². The van der Waals surface area contributed by atoms with Gasteiger partial charge >= 0.3 is 0 Å². The summed E-state index contributed by atoms with van der Waals surface area (Å²) in [6.07, 6.45) is 2.46. The van der Waals surface area contributed by atoms with Gasteiger partial charge in [-0.3, -0.25) is 0 Å². The van der Waals surface area contributed by atoms with E-state index in [1.54, 1.807) is 17.8 Å². The molecular weight excluding hydrogens is 293 g/mol. The van der Waals surface area contributed by atoms with Crippen molar-refractivity contribution < 1.29 is 4.39 Å². The number of nitrogens with one attached hydrogen (secondary N) is 1. The predicted molar refractivity (Wildman–Crippen MR) is 81.8 cm³/mol. The van der Waals surface area contributed by atoms with E-state index in [-0.39, 0.29) is 5.82 Å². The van der Waals surface area contributed by atoms with Crippen molar-refractivity contribution in [3.63, 3.8) is 0 Å². The highest BCUT2D eigenvalue weighted by molar-refractivity contribution is 7.99. The van der Waals surface area contributed by atoms with Gasteiger partial charge in [-0.15, -0.1) is 0 Å². The first kappa shape index (κ1) is 13.9. The minimum Gasteiger partial charge on any atom is -0.310 e. The van der Waals surface area contributed by atoms with Crippen LogP contribution in [0.5, 0.6) is 0 Å². The van der Waals surface area contributed by atoms with E-state index in [9.17, 15) is 4.39 Å². The molecule has 0 amide bonds. The van der Waals surface area contributed by atoms with Gasteiger partial charge in [-0.2, -0.15) is 0 Å². The lowest BCUT2D eigenvalue weighted by molar-refractivity contribution is 0.616. The van der Waals surface area contributed by atoms with Crippen molar-refractivity contribution >= 4 is 23.4 Å². The smallest absolute Gasteiger partial charge is 0.123 e. The first-order chi connectivity index (χ1) is 9.70. The van der Waals surface area contributed by atoms with Crippen molar-refractivity contribution in [1.29, 1.82) is 0 Å². The molecule has 4 heteroatoms. The molecule has 0 heterocycles. The van der Waals surface area contributed by atoms with Crippen molar-refractivity contribution in [3.05, 3.63) is 58.9 Å². The summed E-state index contributed by atoms with van der Waals surface area (Å²) < 4.78 is 13.4. The summed E-state index contributed by atoms with van der Waals surface area (Å²) in [6, 6.07) is 13.3. The molecule has 1 fully saturated rings. The van der Waals surface area contributed by atoms with Crippen LogP contribution in [0.15, 0.2) is 52.3 Å². The van der Waals surface area contributed by atoms with Crippen LogP contribution in [0, 0.1) is 5.82 Å². The summed E-state index contributed by atoms with van der Waals surface area (Å²) in [4.78, 5) is 2.19. The second kappa shape index (κ2) is 6.17. The Hall–Kier alpha value is -1.03. The summed E-state index contributed by atoms with van der Waals surface area (Å²) in [5.41, 5.74) is 1.01. The van der Waals surface area contributed by atoms with Crippen LogP contribution in [-0.2, 0) is 6.54 Å². The van der Waals surface area contributed by atoms with E-state index in [2.05, 4.69) is 5.32 Å². The van der Waals surface area contributed by atoms with E-state index in [1.165, 1.54) is 18.9 Å². The minimum absolute atomic E-state index is 0.182. The van der Waals surface area contributed by atoms with Gasteiger partial charge in [0.15, 0.2) is 0 Å². The molecule has 0 spiro atoms. The first-order valence-electron chi connectivity index (χ1n) is 6.66. The molecular formula is C16H15ClFNS. The van der Waals surface area contributed by atoms with Gasteiger partial charge in [0.2, 0.25) is 0 Å². The normalized spacial score (nSPS) is 14.5. The number of rotatable bonds is 5. The predicted octanol–water partition coefficient (Wildman–Crippen LogP) is 4.88. The van der Waals surface area contributed by atoms with Gasteiger partial charge in [-0.05, 0) is 60.9 Å². The Balaban J connectivity index is 1.77. The summed E-state index contributed by atoms with van der Waals surface area (Å²) >= 11 is 7.53. The number of hydrogen-bond acceptors (Lipinski definition) is 2. The van der Waals surface area contributed by atoms with E-state index in [0.717, 1.165) is 26.9 Å². The molecule has 0 aromatic heterocycles. The molecule has 1 saturated carbocycles. The molecule has 0 bridgehead atoms. The molecule has 1 aliphatic rings. The van der Waals surface area contributed by atoms with Gasteiger partial charge in [0.25, 0.3) is 0 Å². The van der Waals surface area contributed by atoms with Gasteiger partial charge in [0.05, 0.1) is 0 Å². The van der Waals surface area contributed by atoms with Gasteiger partial charge in [0, 0.05) is 27.4 Å². The molecule has 1 nitrogen and oxygen atoms in total. The van der Waals surface area contributed by atoms with Crippen LogP contribution in [0.3, 0.4) is 0 Å². The third kappa shape index (κ3) is 3.75. The summed E-state index contributed by atoms with van der Waals surface area (Å²) in [5, 5.41) is 4.16. The zero-order chi connectivity index (χ0) is 13.9. The molecule has 1 aliphatic carbocycles. The number of benzene rings is 2. The second-order valence-electron chi connectivity index (χ2n) is 4.96. The molecule has 20 heavy (non-hydrogen) atoms. The van der Waals surface area contributed by atoms with Gasteiger partial charge in [0.1, 0.15) is 5.82 Å². The molecule has 0 aliphatic heterocycles. The molecule has 0 radical (unpaired) electrons. The molecule has 1 N–H and O–H groups in total. The highest BCUT2D eigenvalue weighted by atomic mass is 35.5. The quantitative estimate of drug-likeness (QED) is 0.844. The Labute approximate surface area is 127 Å². The van der Waals surface area contributed by atoms with Crippen LogP contribution in [0.2, 0.25) is 5.02 Å². The maximum atomic E-state index is 13.4. The topological polar surface area (TPSA) is 12.0 Å². The van der Waals surface area contributed by atoms with Crippen LogP contribution in [0.25, 0.3) is 0 Å². The van der Waals surface area contributed by atoms with Gasteiger partial charge in [-0.1, -0.05) is 23.4 Å². The van der Waals surface area contributed by atoms with Crippen LogP contribution >= 0.6 is 23.4 Å². The highest BCUT2D eigenvalue weighted by Crippen LogP contribution is 2.32. The molecule has 0 atom stereocenters. The molecule has 2 aromatic carbocycles. The zero-order valence-electron chi connectivity index (χ0n) is 10.9. The largest absolute Gasteiger partial charge is 0.310 e. The lowest BCUT2D eigenvalue weighted by Gasteiger charge is -2.10. The van der Waals surface area contributed by atoms with Crippen LogP contribution in [0.4, 0.5) is 4.39 Å². The Bertz CT molecular complexity index is 596. The molecule has 104 valence electrons. The van der Waals surface area contributed by atoms with Crippen molar-refractivity contribution in [3.8, 4) is 0 Å². The van der Waals surface area contributed by atoms with Gasteiger partial charge in [-0.25, -0.2) is 4.39 Å². The molecule has 0 saturated heterocycles. The fourth-order valence-electron chi connectivity index (χ4n) is 1.96. The average molecular weight is 308 g/mol. The van der Waals surface area contributed by atoms with E-state index in [4.69, 9.17) is 11.6 Å². The van der Waals surface area contributed by atoms with Gasteiger partial charge < -0.3 is 5.32 Å². The van der Waals surface area contributed by atoms with Crippen molar-refractivity contribution in [2.24, 2.45) is 0 Å². The first-order valence-corrected chi connectivity index (χ1v) is 7.85. The van der Waals surface area contributed by atoms with Crippen molar-refractivity contribution in [1.82, 2.24) is 5.32 Å². The minimum atomic E-state index is -0.182. The molecule has 2 aromatic rings. The average Bonchev–Trinajstić information content (AvgIpc) is 3.25. The Morgan fingerprint density at radius 3 is 2.60 bits per heavy atom. The van der Waals surface area contributed by atoms with E-state index >= 15 is 0 Å². The fourth-order valence-corrected chi connectivity index (χ4v) is 3.01. The lowest BCUT2D eigenvalue weighted by Crippen LogP contribution is -2.15. The molecule has 0 unspecified atom stereocenters. The maximum absolute atomic E-state index is 13.4. The van der Waals surface area contributed by atoms with Crippen LogP contribution in [-0.4, -0.2) is 6.04 Å². The molecule has 3 rings (SSSR count). The summed E-state index contributed by atoms with van der Waals surface area (Å²) in [7, 11) is 0. The Kier molecular flexibility index (Phi) is 4.29. The SMILES string of the molecule is Fc1ccc(Sc2ccc(Cl)cc2)c(CNC2CC2)c1. The highest BCUT2D eigenvalue weighted by Gasteiger charge is 2.20. The van der Waals surface area contributed by atoms with E-state index in [1.807, 2.05) is 30.3 Å². The van der Waals surface area contributed by atoms with Crippen LogP contribution < -0.4 is 5.32 Å². The zero-order valence-corrected chi connectivity index (χ0v) is 12.5. The van der Waals surface area contributed by atoms with Crippen molar-refractivity contribution in [2.75, 3.05) is 0 Å².